The van der Waals surface area contributed by atoms with Gasteiger partial charge in [-0.15, -0.1) is 0 Å². The third kappa shape index (κ3) is 3.08. The highest BCUT2D eigenvalue weighted by atomic mass is 16.5. The van der Waals surface area contributed by atoms with Gasteiger partial charge in [-0.25, -0.2) is 4.98 Å². The van der Waals surface area contributed by atoms with Crippen LogP contribution in [0.15, 0.2) is 36.9 Å². The summed E-state index contributed by atoms with van der Waals surface area (Å²) in [6.45, 7) is 1.99. The van der Waals surface area contributed by atoms with Crippen LogP contribution in [0.1, 0.15) is 24.4 Å². The van der Waals surface area contributed by atoms with Crippen LogP contribution in [0.3, 0.4) is 0 Å². The number of para-hydroxylation sites is 1. The summed E-state index contributed by atoms with van der Waals surface area (Å²) in [4.78, 5) is 19.1. The molecule has 6 heteroatoms. The van der Waals surface area contributed by atoms with Gasteiger partial charge >= 0.3 is 0 Å². The van der Waals surface area contributed by atoms with Gasteiger partial charge in [0.1, 0.15) is 6.61 Å². The summed E-state index contributed by atoms with van der Waals surface area (Å²) < 4.78 is 13.3. The van der Waals surface area contributed by atoms with E-state index in [2.05, 4.69) is 9.55 Å². The maximum atomic E-state index is 13.0. The molecule has 1 aromatic carbocycles. The second-order valence-electron chi connectivity index (χ2n) is 6.75. The number of rotatable bonds is 3. The minimum Gasteiger partial charge on any atom is -0.493 e. The monoisotopic (exact) mass is 341 g/mol. The lowest BCUT2D eigenvalue weighted by molar-refractivity contribution is -0.138. The number of benzene rings is 1. The van der Waals surface area contributed by atoms with E-state index in [-0.39, 0.29) is 11.8 Å². The van der Waals surface area contributed by atoms with Crippen molar-refractivity contribution in [3.8, 4) is 11.5 Å². The van der Waals surface area contributed by atoms with E-state index in [9.17, 15) is 4.79 Å². The molecule has 2 aliphatic rings. The van der Waals surface area contributed by atoms with E-state index in [1.165, 1.54) is 0 Å². The number of carbonyl (C=O) groups excluding carboxylic acids is 1. The number of aromatic nitrogens is 2. The molecule has 1 saturated heterocycles. The molecule has 1 aromatic heterocycles. The Morgan fingerprint density at radius 3 is 3.12 bits per heavy atom. The third-order valence-electron chi connectivity index (χ3n) is 5.18. The number of nitrogens with zero attached hydrogens (tertiary/aromatic N) is 3. The molecule has 3 heterocycles. The summed E-state index contributed by atoms with van der Waals surface area (Å²) >= 11 is 0. The van der Waals surface area contributed by atoms with Crippen molar-refractivity contribution in [2.75, 3.05) is 26.8 Å². The first kappa shape index (κ1) is 16.0. The second-order valence-corrected chi connectivity index (χ2v) is 6.75. The zero-order valence-electron chi connectivity index (χ0n) is 14.4. The quantitative estimate of drug-likeness (QED) is 0.860. The normalized spacial score (nSPS) is 22.8. The van der Waals surface area contributed by atoms with Crippen LogP contribution in [0.2, 0.25) is 0 Å². The van der Waals surface area contributed by atoms with Crippen LogP contribution in [-0.4, -0.2) is 47.2 Å². The van der Waals surface area contributed by atoms with E-state index in [0.29, 0.717) is 19.1 Å². The standard InChI is InChI=1S/C19H23N3O3/c1-24-17-6-2-4-14-10-15(12-25-18(14)17)19(23)21-8-3-5-16(11-21)22-9-7-20-13-22/h2,4,6-7,9,13,15-16H,3,5,8,10-12H2,1H3. The summed E-state index contributed by atoms with van der Waals surface area (Å²) in [6, 6.07) is 6.17. The molecule has 2 atom stereocenters. The van der Waals surface area contributed by atoms with Gasteiger partial charge in [-0.2, -0.15) is 0 Å². The van der Waals surface area contributed by atoms with E-state index in [1.807, 2.05) is 35.6 Å². The first-order valence-electron chi connectivity index (χ1n) is 8.81. The van der Waals surface area contributed by atoms with Gasteiger partial charge in [0.05, 0.1) is 25.4 Å². The highest BCUT2D eigenvalue weighted by molar-refractivity contribution is 5.80. The molecular formula is C19H23N3O3. The van der Waals surface area contributed by atoms with E-state index in [0.717, 1.165) is 43.0 Å². The maximum absolute atomic E-state index is 13.0. The van der Waals surface area contributed by atoms with Crippen molar-refractivity contribution in [3.05, 3.63) is 42.5 Å². The molecule has 0 bridgehead atoms. The largest absolute Gasteiger partial charge is 0.493 e. The lowest BCUT2D eigenvalue weighted by Gasteiger charge is -2.36. The molecule has 0 spiro atoms. The first-order valence-corrected chi connectivity index (χ1v) is 8.81. The Hall–Kier alpha value is -2.50. The second kappa shape index (κ2) is 6.78. The summed E-state index contributed by atoms with van der Waals surface area (Å²) in [5, 5.41) is 0. The number of likely N-dealkylation sites (tertiary alicyclic amines) is 1. The average molecular weight is 341 g/mol. The lowest BCUT2D eigenvalue weighted by Crippen LogP contribution is -2.46. The molecule has 25 heavy (non-hydrogen) atoms. The van der Waals surface area contributed by atoms with Crippen LogP contribution in [0.4, 0.5) is 0 Å². The molecule has 2 aromatic rings. The maximum Gasteiger partial charge on any atom is 0.229 e. The third-order valence-corrected chi connectivity index (χ3v) is 5.18. The highest BCUT2D eigenvalue weighted by Gasteiger charge is 2.33. The molecule has 6 nitrogen and oxygen atoms in total. The Morgan fingerprint density at radius 1 is 1.40 bits per heavy atom. The van der Waals surface area contributed by atoms with Crippen LogP contribution < -0.4 is 9.47 Å². The highest BCUT2D eigenvalue weighted by Crippen LogP contribution is 2.36. The molecule has 4 rings (SSSR count). The van der Waals surface area contributed by atoms with Gasteiger partial charge in [0.2, 0.25) is 5.91 Å². The molecule has 132 valence electrons. The zero-order valence-corrected chi connectivity index (χ0v) is 14.4. The van der Waals surface area contributed by atoms with Crippen molar-refractivity contribution in [3.63, 3.8) is 0 Å². The minimum absolute atomic E-state index is 0.124. The zero-order chi connectivity index (χ0) is 17.2. The van der Waals surface area contributed by atoms with Crippen molar-refractivity contribution in [2.45, 2.75) is 25.3 Å². The van der Waals surface area contributed by atoms with Gasteiger partial charge in [0.25, 0.3) is 0 Å². The molecule has 0 aliphatic carbocycles. The van der Waals surface area contributed by atoms with Crippen molar-refractivity contribution in [2.24, 2.45) is 5.92 Å². The predicted molar refractivity (Wildman–Crippen MR) is 92.8 cm³/mol. The van der Waals surface area contributed by atoms with Gasteiger partial charge in [0, 0.05) is 25.5 Å². The van der Waals surface area contributed by atoms with Crippen LogP contribution in [0.25, 0.3) is 0 Å². The molecule has 1 amide bonds. The van der Waals surface area contributed by atoms with Crippen LogP contribution in [0, 0.1) is 5.92 Å². The number of carbonyl (C=O) groups is 1. The van der Waals surface area contributed by atoms with Crippen molar-refractivity contribution < 1.29 is 14.3 Å². The Morgan fingerprint density at radius 2 is 2.32 bits per heavy atom. The van der Waals surface area contributed by atoms with E-state index >= 15 is 0 Å². The fourth-order valence-corrected chi connectivity index (χ4v) is 3.86. The summed E-state index contributed by atoms with van der Waals surface area (Å²) in [5.41, 5.74) is 1.05. The average Bonchev–Trinajstić information content (AvgIpc) is 3.21. The number of imidazole rings is 1. The summed E-state index contributed by atoms with van der Waals surface area (Å²) in [6.07, 6.45) is 8.42. The number of methoxy groups -OCH3 is 1. The predicted octanol–water partition coefficient (Wildman–Crippen LogP) is 2.31. The summed E-state index contributed by atoms with van der Waals surface area (Å²) in [7, 11) is 1.64. The van der Waals surface area contributed by atoms with Crippen molar-refractivity contribution in [1.82, 2.24) is 14.5 Å². The number of fused-ring (bicyclic) bond motifs is 1. The van der Waals surface area contributed by atoms with Crippen molar-refractivity contribution in [1.29, 1.82) is 0 Å². The summed E-state index contributed by atoms with van der Waals surface area (Å²) in [5.74, 6) is 1.59. The van der Waals surface area contributed by atoms with Crippen LogP contribution in [0.5, 0.6) is 11.5 Å². The van der Waals surface area contributed by atoms with Crippen molar-refractivity contribution >= 4 is 5.91 Å². The minimum atomic E-state index is -0.124. The van der Waals surface area contributed by atoms with Crippen LogP contribution >= 0.6 is 0 Å². The van der Waals surface area contributed by atoms with E-state index in [4.69, 9.17) is 9.47 Å². The fraction of sp³-hybridized carbons (Fsp3) is 0.474. The molecule has 2 aliphatic heterocycles. The number of amides is 1. The topological polar surface area (TPSA) is 56.6 Å². The SMILES string of the molecule is COc1cccc2c1OCC(C(=O)N1CCCC(n3ccnc3)C1)C2. The lowest BCUT2D eigenvalue weighted by atomic mass is 9.94. The van der Waals surface area contributed by atoms with Gasteiger partial charge in [-0.05, 0) is 30.9 Å². The Balaban J connectivity index is 1.46. The number of hydrogen-bond donors (Lipinski definition) is 0. The molecule has 2 unspecified atom stereocenters. The Bertz CT molecular complexity index is 744. The fourth-order valence-electron chi connectivity index (χ4n) is 3.86. The van der Waals surface area contributed by atoms with Crippen LogP contribution in [-0.2, 0) is 11.2 Å². The Labute approximate surface area is 147 Å². The van der Waals surface area contributed by atoms with Gasteiger partial charge in [-0.1, -0.05) is 12.1 Å². The number of piperidine rings is 1. The van der Waals surface area contributed by atoms with Gasteiger partial charge in [0.15, 0.2) is 11.5 Å². The molecule has 1 fully saturated rings. The molecule has 0 N–H and O–H groups in total. The molecular weight excluding hydrogens is 318 g/mol. The number of hydrogen-bond acceptors (Lipinski definition) is 4. The number of ether oxygens (including phenoxy) is 2. The first-order chi connectivity index (χ1) is 12.3. The van der Waals surface area contributed by atoms with Gasteiger partial charge < -0.3 is 18.9 Å². The molecule has 0 saturated carbocycles. The molecule has 0 radical (unpaired) electrons. The Kier molecular flexibility index (Phi) is 4.34. The van der Waals surface area contributed by atoms with Gasteiger partial charge in [-0.3, -0.25) is 4.79 Å². The van der Waals surface area contributed by atoms with E-state index < -0.39 is 0 Å². The van der Waals surface area contributed by atoms with E-state index in [1.54, 1.807) is 13.3 Å². The smallest absolute Gasteiger partial charge is 0.229 e.